The molecule has 6 rings (SSSR count). The van der Waals surface area contributed by atoms with Crippen molar-refractivity contribution in [2.45, 2.75) is 69.7 Å². The van der Waals surface area contributed by atoms with Gasteiger partial charge in [-0.1, -0.05) is 18.5 Å². The van der Waals surface area contributed by atoms with Crippen LogP contribution in [0.3, 0.4) is 0 Å². The van der Waals surface area contributed by atoms with Gasteiger partial charge in [0, 0.05) is 44.6 Å². The Bertz CT molecular complexity index is 1660. The van der Waals surface area contributed by atoms with E-state index in [4.69, 9.17) is 16.6 Å². The molecule has 2 unspecified atom stereocenters. The summed E-state index contributed by atoms with van der Waals surface area (Å²) in [6.07, 6.45) is 1.24. The van der Waals surface area contributed by atoms with Crippen molar-refractivity contribution >= 4 is 29.3 Å². The molecule has 2 aliphatic rings. The summed E-state index contributed by atoms with van der Waals surface area (Å²) in [5.74, 6) is 1.06. The highest BCUT2D eigenvalue weighted by molar-refractivity contribution is 6.32. The van der Waals surface area contributed by atoms with Crippen molar-refractivity contribution in [3.05, 3.63) is 77.2 Å². The molecule has 48 heavy (non-hydrogen) atoms. The molecule has 0 saturated carbocycles. The zero-order valence-corrected chi connectivity index (χ0v) is 26.5. The molecular formula is C31H32ClF6N9O. The Morgan fingerprint density at radius 3 is 2.21 bits per heavy atom. The van der Waals surface area contributed by atoms with Crippen LogP contribution < -0.4 is 14.7 Å². The van der Waals surface area contributed by atoms with Gasteiger partial charge in [0.1, 0.15) is 5.02 Å². The minimum atomic E-state index is -4.99. The first-order valence-corrected chi connectivity index (χ1v) is 15.8. The zero-order chi connectivity index (χ0) is 34.2. The third-order valence-electron chi connectivity index (χ3n) is 8.72. The molecular weight excluding hydrogens is 664 g/mol. The van der Waals surface area contributed by atoms with Gasteiger partial charge in [-0.15, -0.1) is 0 Å². The number of benzene rings is 1. The Morgan fingerprint density at radius 1 is 0.958 bits per heavy atom. The predicted molar refractivity (Wildman–Crippen MR) is 166 cm³/mol. The molecule has 0 bridgehead atoms. The first-order valence-electron chi connectivity index (χ1n) is 15.4. The van der Waals surface area contributed by atoms with Gasteiger partial charge in [-0.05, 0) is 49.4 Å². The SMILES string of the molecule is CCC1CC(N(Cc2cc(C(F)(F)F)cc(C(F)(F)F)c2)c2ncc(-n3ccnc3)cn2)CN1c1nc(N2CCC(O)CC2)ncc1Cl. The number of rotatable bonds is 8. The van der Waals surface area contributed by atoms with E-state index in [1.54, 1.807) is 28.2 Å². The number of anilines is 3. The molecule has 3 aromatic heterocycles. The van der Waals surface area contributed by atoms with Gasteiger partial charge >= 0.3 is 12.4 Å². The highest BCUT2D eigenvalue weighted by Crippen LogP contribution is 2.39. The Balaban J connectivity index is 1.36. The number of alkyl halides is 6. The van der Waals surface area contributed by atoms with E-state index < -0.39 is 29.5 Å². The van der Waals surface area contributed by atoms with Crippen molar-refractivity contribution < 1.29 is 31.4 Å². The Labute approximate surface area is 277 Å². The maximum atomic E-state index is 13.8. The number of halogens is 7. The van der Waals surface area contributed by atoms with E-state index in [1.165, 1.54) is 18.6 Å². The van der Waals surface area contributed by atoms with E-state index in [0.29, 0.717) is 61.2 Å². The van der Waals surface area contributed by atoms with Crippen molar-refractivity contribution in [3.63, 3.8) is 0 Å². The van der Waals surface area contributed by atoms with Gasteiger partial charge in [0.2, 0.25) is 11.9 Å². The molecule has 17 heteroatoms. The topological polar surface area (TPSA) is 99.3 Å². The van der Waals surface area contributed by atoms with Gasteiger partial charge in [-0.25, -0.2) is 19.9 Å². The molecule has 2 atom stereocenters. The molecule has 0 aliphatic carbocycles. The summed E-state index contributed by atoms with van der Waals surface area (Å²) in [7, 11) is 0. The van der Waals surface area contributed by atoms with Crippen molar-refractivity contribution in [1.82, 2.24) is 29.5 Å². The number of piperidine rings is 1. The summed E-state index contributed by atoms with van der Waals surface area (Å²) < 4.78 is 84.3. The van der Waals surface area contributed by atoms with Crippen molar-refractivity contribution in [2.75, 3.05) is 34.3 Å². The van der Waals surface area contributed by atoms with E-state index in [9.17, 15) is 31.4 Å². The Hall–Kier alpha value is -4.18. The quantitative estimate of drug-likeness (QED) is 0.217. The van der Waals surface area contributed by atoms with Gasteiger partial charge in [0.25, 0.3) is 0 Å². The normalized spacial score (nSPS) is 19.3. The fourth-order valence-electron chi connectivity index (χ4n) is 6.21. The molecule has 0 amide bonds. The second-order valence-electron chi connectivity index (χ2n) is 11.9. The number of hydrogen-bond donors (Lipinski definition) is 1. The predicted octanol–water partition coefficient (Wildman–Crippen LogP) is 6.17. The van der Waals surface area contributed by atoms with Gasteiger partial charge in [-0.3, -0.25) is 0 Å². The zero-order valence-electron chi connectivity index (χ0n) is 25.7. The standard InChI is InChI=1S/C31H32ClF6N9O/c1-2-22-12-23(17-46(22)27-26(32)15-42-29(43-27)44-6-3-25(48)4-7-44)47(28-40-13-24(14-41-28)45-8-5-39-18-45)16-19-9-20(30(33,34)35)11-21(10-19)31(36,37)38/h5,8-11,13-15,18,22-23,25,48H,2-4,6-7,12,16-17H2,1H3. The van der Waals surface area contributed by atoms with Crippen molar-refractivity contribution in [1.29, 1.82) is 0 Å². The molecule has 2 aliphatic heterocycles. The molecule has 0 spiro atoms. The largest absolute Gasteiger partial charge is 0.416 e. The molecule has 1 N–H and O–H groups in total. The summed E-state index contributed by atoms with van der Waals surface area (Å²) in [5.41, 5.74) is -2.41. The smallest absolute Gasteiger partial charge is 0.393 e. The molecule has 256 valence electrons. The lowest BCUT2D eigenvalue weighted by molar-refractivity contribution is -0.143. The Kier molecular flexibility index (Phi) is 9.40. The summed E-state index contributed by atoms with van der Waals surface area (Å²) >= 11 is 6.64. The number of nitrogens with zero attached hydrogens (tertiary/aromatic N) is 9. The molecule has 5 heterocycles. The minimum absolute atomic E-state index is 0.117. The first kappa shape index (κ1) is 33.7. The molecule has 1 aromatic carbocycles. The number of aliphatic hydroxyl groups excluding tert-OH is 1. The highest BCUT2D eigenvalue weighted by Gasteiger charge is 2.40. The summed E-state index contributed by atoms with van der Waals surface area (Å²) in [5, 5.41) is 10.2. The molecule has 4 aromatic rings. The number of aromatic nitrogens is 6. The van der Waals surface area contributed by atoms with Crippen LogP contribution in [0.5, 0.6) is 0 Å². The van der Waals surface area contributed by atoms with Crippen LogP contribution in [-0.4, -0.2) is 72.4 Å². The molecule has 0 radical (unpaired) electrons. The lowest BCUT2D eigenvalue weighted by Gasteiger charge is -2.32. The molecule has 2 saturated heterocycles. The summed E-state index contributed by atoms with van der Waals surface area (Å²) in [6.45, 7) is 3.07. The van der Waals surface area contributed by atoms with Crippen LogP contribution in [0.2, 0.25) is 5.02 Å². The number of aliphatic hydroxyl groups is 1. The van der Waals surface area contributed by atoms with Crippen molar-refractivity contribution in [2.24, 2.45) is 0 Å². The maximum absolute atomic E-state index is 13.8. The van der Waals surface area contributed by atoms with Crippen LogP contribution in [0.1, 0.15) is 49.3 Å². The van der Waals surface area contributed by atoms with E-state index >= 15 is 0 Å². The molecule has 2 fully saturated rings. The third kappa shape index (κ3) is 7.28. The average Bonchev–Trinajstić information content (AvgIpc) is 3.75. The maximum Gasteiger partial charge on any atom is 0.416 e. The van der Waals surface area contributed by atoms with E-state index in [2.05, 4.69) is 19.9 Å². The van der Waals surface area contributed by atoms with Crippen LogP contribution in [0.25, 0.3) is 5.69 Å². The van der Waals surface area contributed by atoms with Crippen LogP contribution in [0.4, 0.5) is 44.1 Å². The summed E-state index contributed by atoms with van der Waals surface area (Å²) in [4.78, 5) is 27.8. The number of hydrogen-bond acceptors (Lipinski definition) is 9. The lowest BCUT2D eigenvalue weighted by atomic mass is 10.0. The average molecular weight is 696 g/mol. The monoisotopic (exact) mass is 695 g/mol. The van der Waals surface area contributed by atoms with E-state index in [1.807, 2.05) is 16.7 Å². The second-order valence-corrected chi connectivity index (χ2v) is 12.3. The third-order valence-corrected chi connectivity index (χ3v) is 8.99. The fourth-order valence-corrected chi connectivity index (χ4v) is 6.41. The van der Waals surface area contributed by atoms with E-state index in [-0.39, 0.29) is 42.8 Å². The fraction of sp³-hybridized carbons (Fsp3) is 0.452. The highest BCUT2D eigenvalue weighted by atomic mass is 35.5. The Morgan fingerprint density at radius 2 is 1.62 bits per heavy atom. The van der Waals surface area contributed by atoms with Gasteiger partial charge in [-0.2, -0.15) is 31.3 Å². The van der Waals surface area contributed by atoms with Crippen LogP contribution >= 0.6 is 11.6 Å². The lowest BCUT2D eigenvalue weighted by Crippen LogP contribution is -2.39. The van der Waals surface area contributed by atoms with Gasteiger partial charge in [0.05, 0.1) is 53.9 Å². The van der Waals surface area contributed by atoms with Crippen LogP contribution in [0.15, 0.2) is 55.5 Å². The van der Waals surface area contributed by atoms with Gasteiger partial charge in [0.15, 0.2) is 5.82 Å². The minimum Gasteiger partial charge on any atom is -0.393 e. The van der Waals surface area contributed by atoms with Crippen molar-refractivity contribution in [3.8, 4) is 5.69 Å². The van der Waals surface area contributed by atoms with E-state index in [0.717, 1.165) is 12.1 Å². The second kappa shape index (κ2) is 13.4. The number of imidazole rings is 1. The first-order chi connectivity index (χ1) is 22.8. The molecule has 10 nitrogen and oxygen atoms in total. The van der Waals surface area contributed by atoms with Gasteiger partial charge < -0.3 is 24.4 Å². The van der Waals surface area contributed by atoms with Crippen LogP contribution in [-0.2, 0) is 18.9 Å². The van der Waals surface area contributed by atoms with Crippen LogP contribution in [0, 0.1) is 0 Å². The summed E-state index contributed by atoms with van der Waals surface area (Å²) in [6, 6.07) is 1.01.